The van der Waals surface area contributed by atoms with Crippen molar-refractivity contribution < 1.29 is 4.74 Å². The number of aromatic nitrogens is 4. The number of nitrogens with zero attached hydrogens (tertiary/aromatic N) is 4. The fourth-order valence-corrected chi connectivity index (χ4v) is 7.27. The molecule has 7 aromatic carbocycles. The largest absolute Gasteiger partial charge is 0.455 e. The van der Waals surface area contributed by atoms with E-state index < -0.39 is 0 Å². The molecule has 0 radical (unpaired) electrons. The molecule has 0 bridgehead atoms. The molecular weight excluding hydrogens is 673 g/mol. The molecule has 1 aliphatic heterocycles. The fourth-order valence-electron chi connectivity index (χ4n) is 7.27. The first-order chi connectivity index (χ1) is 27.2. The Kier molecular flexibility index (Phi) is 8.08. The first-order valence-corrected chi connectivity index (χ1v) is 18.3. The summed E-state index contributed by atoms with van der Waals surface area (Å²) >= 11 is 0. The fraction of sp³-hybridized carbons (Fsp3) is 0. The topological polar surface area (TPSA) is 60.8 Å². The summed E-state index contributed by atoms with van der Waals surface area (Å²) in [6.45, 7) is 0. The van der Waals surface area contributed by atoms with E-state index in [4.69, 9.17) is 24.7 Å². The van der Waals surface area contributed by atoms with Gasteiger partial charge in [0, 0.05) is 51.2 Å². The van der Waals surface area contributed by atoms with Crippen molar-refractivity contribution in [1.82, 2.24) is 19.9 Å². The average molecular weight is 705 g/mol. The van der Waals surface area contributed by atoms with E-state index in [2.05, 4.69) is 109 Å². The Bertz CT molecular complexity index is 2890. The van der Waals surface area contributed by atoms with Crippen molar-refractivity contribution >= 4 is 22.9 Å². The first-order valence-electron chi connectivity index (χ1n) is 18.3. The molecule has 0 N–H and O–H groups in total. The van der Waals surface area contributed by atoms with Crippen molar-refractivity contribution in [3.05, 3.63) is 193 Å². The molecule has 9 aromatic rings. The zero-order valence-electron chi connectivity index (χ0n) is 29.7. The van der Waals surface area contributed by atoms with E-state index in [9.17, 15) is 0 Å². The lowest BCUT2D eigenvalue weighted by Crippen LogP contribution is -1.98. The summed E-state index contributed by atoms with van der Waals surface area (Å²) in [6, 6.07) is 58.1. The lowest BCUT2D eigenvalue weighted by atomic mass is 9.92. The van der Waals surface area contributed by atoms with Crippen LogP contribution < -0.4 is 4.74 Å². The van der Waals surface area contributed by atoms with Crippen molar-refractivity contribution in [2.75, 3.05) is 0 Å². The van der Waals surface area contributed by atoms with Gasteiger partial charge in [-0.25, -0.2) is 19.9 Å². The van der Waals surface area contributed by atoms with Crippen LogP contribution in [0, 0.1) is 0 Å². The smallest absolute Gasteiger partial charge is 0.160 e. The summed E-state index contributed by atoms with van der Waals surface area (Å²) < 4.78 is 7.07. The minimum Gasteiger partial charge on any atom is -0.455 e. The third kappa shape index (κ3) is 6.14. The van der Waals surface area contributed by atoms with Gasteiger partial charge in [0.05, 0.1) is 11.4 Å². The van der Waals surface area contributed by atoms with E-state index in [1.165, 1.54) is 0 Å². The van der Waals surface area contributed by atoms with Crippen LogP contribution in [-0.2, 0) is 0 Å². The summed E-state index contributed by atoms with van der Waals surface area (Å²) in [5.41, 5.74) is 11.5. The van der Waals surface area contributed by atoms with Gasteiger partial charge in [0.25, 0.3) is 0 Å². The van der Waals surface area contributed by atoms with Gasteiger partial charge in [-0.2, -0.15) is 0 Å². The standard InChI is InChI=1S/C50H32N4O/c1-3-15-36(16-4-1)49-51-31-39(32-52-49)46-30-45(53-50(54-46)37-17-5-2-6-18-37)38-26-25-35-24-23-33-13-7-9-19-40(33)42-21-11-12-22-47(42)55-48-41-20-10-8-14-34(41)27-28-43(48)44(35)29-38/h1-32H. The Morgan fingerprint density at radius 3 is 1.78 bits per heavy atom. The Morgan fingerprint density at radius 1 is 0.382 bits per heavy atom. The lowest BCUT2D eigenvalue weighted by Gasteiger charge is -2.18. The molecule has 0 saturated heterocycles. The van der Waals surface area contributed by atoms with Crippen LogP contribution in [0.1, 0.15) is 11.1 Å². The summed E-state index contributed by atoms with van der Waals surface area (Å²) in [7, 11) is 0. The predicted molar refractivity (Wildman–Crippen MR) is 223 cm³/mol. The quantitative estimate of drug-likeness (QED) is 0.182. The van der Waals surface area contributed by atoms with Gasteiger partial charge in [-0.3, -0.25) is 0 Å². The van der Waals surface area contributed by atoms with Gasteiger partial charge in [0.1, 0.15) is 11.5 Å². The van der Waals surface area contributed by atoms with Gasteiger partial charge < -0.3 is 4.74 Å². The van der Waals surface area contributed by atoms with E-state index in [1.807, 2.05) is 85.2 Å². The molecule has 0 aliphatic carbocycles. The second-order valence-electron chi connectivity index (χ2n) is 13.5. The third-order valence-corrected chi connectivity index (χ3v) is 10.0. The summed E-state index contributed by atoms with van der Waals surface area (Å²) in [5.74, 6) is 2.90. The van der Waals surface area contributed by atoms with Gasteiger partial charge in [0.2, 0.25) is 0 Å². The number of hydrogen-bond acceptors (Lipinski definition) is 5. The average Bonchev–Trinajstić information content (AvgIpc) is 3.28. The second-order valence-corrected chi connectivity index (χ2v) is 13.5. The zero-order valence-corrected chi connectivity index (χ0v) is 29.7. The van der Waals surface area contributed by atoms with Crippen molar-refractivity contribution in [2.24, 2.45) is 0 Å². The molecule has 0 amide bonds. The molecular formula is C50H32N4O. The van der Waals surface area contributed by atoms with Crippen LogP contribution in [0.15, 0.2) is 182 Å². The Hall–Kier alpha value is -7.50. The van der Waals surface area contributed by atoms with Crippen molar-refractivity contribution in [2.45, 2.75) is 0 Å². The van der Waals surface area contributed by atoms with E-state index in [1.54, 1.807) is 0 Å². The molecule has 5 heteroatoms. The number of rotatable bonds is 4. The van der Waals surface area contributed by atoms with Crippen LogP contribution in [0.3, 0.4) is 0 Å². The van der Waals surface area contributed by atoms with Gasteiger partial charge in [0.15, 0.2) is 11.6 Å². The molecule has 0 fully saturated rings. The predicted octanol–water partition coefficient (Wildman–Crippen LogP) is 12.7. The normalized spacial score (nSPS) is 11.7. The molecule has 0 atom stereocenters. The van der Waals surface area contributed by atoms with Crippen molar-refractivity contribution in [3.63, 3.8) is 0 Å². The molecule has 0 unspecified atom stereocenters. The van der Waals surface area contributed by atoms with Gasteiger partial charge in [-0.15, -0.1) is 0 Å². The molecule has 258 valence electrons. The van der Waals surface area contributed by atoms with Crippen LogP contribution in [0.25, 0.3) is 90.5 Å². The highest BCUT2D eigenvalue weighted by molar-refractivity contribution is 5.99. The van der Waals surface area contributed by atoms with E-state index >= 15 is 0 Å². The molecule has 0 spiro atoms. The van der Waals surface area contributed by atoms with Gasteiger partial charge in [-0.05, 0) is 51.9 Å². The highest BCUT2D eigenvalue weighted by atomic mass is 16.5. The van der Waals surface area contributed by atoms with Crippen LogP contribution in [-0.4, -0.2) is 19.9 Å². The summed E-state index contributed by atoms with van der Waals surface area (Å²) in [5, 5.41) is 2.15. The van der Waals surface area contributed by atoms with Gasteiger partial charge in [-0.1, -0.05) is 158 Å². The van der Waals surface area contributed by atoms with Gasteiger partial charge >= 0.3 is 0 Å². The van der Waals surface area contributed by atoms with Crippen LogP contribution in [0.5, 0.6) is 11.5 Å². The van der Waals surface area contributed by atoms with Crippen LogP contribution in [0.4, 0.5) is 0 Å². The Morgan fingerprint density at radius 2 is 1.00 bits per heavy atom. The minimum atomic E-state index is 0.625. The molecule has 10 rings (SSSR count). The SMILES string of the molecule is C1=Cc2ccc(-c3cc(-c4cnc(-c5ccccc5)nc4)nc(-c4ccccc4)n3)cc2-c2ccc3ccccc3c2Oc2ccccc2-c2ccccc21. The van der Waals surface area contributed by atoms with E-state index in [0.717, 1.165) is 89.3 Å². The van der Waals surface area contributed by atoms with E-state index in [0.29, 0.717) is 11.6 Å². The lowest BCUT2D eigenvalue weighted by molar-refractivity contribution is 0.492. The highest BCUT2D eigenvalue weighted by Crippen LogP contribution is 2.45. The summed E-state index contributed by atoms with van der Waals surface area (Å²) in [6.07, 6.45) is 8.08. The Labute approximate surface area is 319 Å². The zero-order chi connectivity index (χ0) is 36.6. The molecule has 55 heavy (non-hydrogen) atoms. The van der Waals surface area contributed by atoms with E-state index in [-0.39, 0.29) is 0 Å². The van der Waals surface area contributed by atoms with Crippen LogP contribution in [0.2, 0.25) is 0 Å². The Balaban J connectivity index is 1.18. The number of hydrogen-bond donors (Lipinski definition) is 0. The van der Waals surface area contributed by atoms with Crippen molar-refractivity contribution in [1.29, 1.82) is 0 Å². The maximum absolute atomic E-state index is 7.07. The number of para-hydroxylation sites is 1. The number of ether oxygens (including phenoxy) is 1. The third-order valence-electron chi connectivity index (χ3n) is 10.0. The molecule has 3 heterocycles. The molecule has 0 saturated carbocycles. The highest BCUT2D eigenvalue weighted by Gasteiger charge is 2.20. The summed E-state index contributed by atoms with van der Waals surface area (Å²) in [4.78, 5) is 19.6. The molecule has 5 nitrogen and oxygen atoms in total. The first kappa shape index (κ1) is 32.2. The molecule has 2 aromatic heterocycles. The molecule has 1 aliphatic rings. The number of fused-ring (bicyclic) bond motifs is 8. The minimum absolute atomic E-state index is 0.625. The monoisotopic (exact) mass is 704 g/mol. The van der Waals surface area contributed by atoms with Crippen LogP contribution >= 0.6 is 0 Å². The maximum atomic E-state index is 7.07. The number of benzene rings is 7. The van der Waals surface area contributed by atoms with Crippen molar-refractivity contribution in [3.8, 4) is 79.0 Å². The second kappa shape index (κ2) is 13.8. The maximum Gasteiger partial charge on any atom is 0.160 e.